The van der Waals surface area contributed by atoms with Gasteiger partial charge < -0.3 is 15.2 Å². The molecule has 0 aliphatic heterocycles. The number of nitro benzene ring substituents is 1. The number of anilines is 1. The third-order valence-electron chi connectivity index (χ3n) is 2.38. The minimum absolute atomic E-state index is 0.00409. The van der Waals surface area contributed by atoms with Crippen LogP contribution in [0.25, 0.3) is 0 Å². The lowest BCUT2D eigenvalue weighted by Crippen LogP contribution is -2.03. The molecule has 9 nitrogen and oxygen atoms in total. The zero-order chi connectivity index (χ0) is 14.7. The molecule has 2 aromatic rings. The molecule has 0 saturated carbocycles. The van der Waals surface area contributed by atoms with Gasteiger partial charge in [0.25, 0.3) is 5.69 Å². The first-order chi connectivity index (χ1) is 9.49. The van der Waals surface area contributed by atoms with Crippen LogP contribution in [-0.4, -0.2) is 27.0 Å². The minimum Gasteiger partial charge on any atom is -0.467 e. The molecule has 0 radical (unpaired) electrons. The molecule has 2 N–H and O–H groups in total. The van der Waals surface area contributed by atoms with Gasteiger partial charge in [-0.3, -0.25) is 10.1 Å². The zero-order valence-electron chi connectivity index (χ0n) is 10.7. The van der Waals surface area contributed by atoms with Gasteiger partial charge in [0, 0.05) is 6.07 Å². The maximum atomic E-state index is 10.7. The Hall–Kier alpha value is -2.97. The summed E-state index contributed by atoms with van der Waals surface area (Å²) in [6, 6.07) is 4.12. The number of aryl methyl sites for hydroxylation is 1. The van der Waals surface area contributed by atoms with Crippen molar-refractivity contribution in [3.63, 3.8) is 0 Å². The van der Waals surface area contributed by atoms with Crippen LogP contribution < -0.4 is 15.2 Å². The second-order valence-corrected chi connectivity index (χ2v) is 3.77. The lowest BCUT2D eigenvalue weighted by molar-refractivity contribution is -0.384. The number of hydrogen-bond donors (Lipinski definition) is 1. The summed E-state index contributed by atoms with van der Waals surface area (Å²) < 4.78 is 10.2. The number of aromatic nitrogens is 3. The summed E-state index contributed by atoms with van der Waals surface area (Å²) >= 11 is 0. The van der Waals surface area contributed by atoms with Crippen LogP contribution in [0.2, 0.25) is 0 Å². The van der Waals surface area contributed by atoms with Crippen molar-refractivity contribution in [1.29, 1.82) is 0 Å². The average Bonchev–Trinajstić information content (AvgIpc) is 2.40. The van der Waals surface area contributed by atoms with Crippen molar-refractivity contribution < 1.29 is 14.4 Å². The highest BCUT2D eigenvalue weighted by molar-refractivity contribution is 5.44. The van der Waals surface area contributed by atoms with Crippen LogP contribution in [0.1, 0.15) is 5.56 Å². The van der Waals surface area contributed by atoms with E-state index in [1.54, 1.807) is 13.0 Å². The Morgan fingerprint density at radius 2 is 1.95 bits per heavy atom. The fourth-order valence-corrected chi connectivity index (χ4v) is 1.40. The van der Waals surface area contributed by atoms with Gasteiger partial charge in [-0.1, -0.05) is 0 Å². The first-order valence-corrected chi connectivity index (χ1v) is 5.48. The van der Waals surface area contributed by atoms with E-state index in [0.29, 0.717) is 5.56 Å². The monoisotopic (exact) mass is 277 g/mol. The molecule has 0 atom stereocenters. The number of hydrogen-bond acceptors (Lipinski definition) is 8. The van der Waals surface area contributed by atoms with E-state index in [0.717, 1.165) is 0 Å². The van der Waals surface area contributed by atoms with Crippen molar-refractivity contribution in [3.8, 4) is 17.8 Å². The quantitative estimate of drug-likeness (QED) is 0.657. The Labute approximate surface area is 113 Å². The highest BCUT2D eigenvalue weighted by Crippen LogP contribution is 2.27. The van der Waals surface area contributed by atoms with E-state index in [-0.39, 0.29) is 29.4 Å². The van der Waals surface area contributed by atoms with Crippen LogP contribution in [0.3, 0.4) is 0 Å². The molecule has 0 bridgehead atoms. The van der Waals surface area contributed by atoms with Crippen molar-refractivity contribution in [1.82, 2.24) is 15.0 Å². The van der Waals surface area contributed by atoms with Gasteiger partial charge in [-0.15, -0.1) is 4.98 Å². The van der Waals surface area contributed by atoms with E-state index < -0.39 is 4.92 Å². The van der Waals surface area contributed by atoms with Crippen molar-refractivity contribution in [2.24, 2.45) is 0 Å². The lowest BCUT2D eigenvalue weighted by Gasteiger charge is -2.07. The molecule has 0 aliphatic rings. The van der Waals surface area contributed by atoms with E-state index in [1.165, 1.54) is 19.2 Å². The molecule has 0 fully saturated rings. The van der Waals surface area contributed by atoms with Crippen molar-refractivity contribution in [2.75, 3.05) is 12.8 Å². The predicted molar refractivity (Wildman–Crippen MR) is 68.7 cm³/mol. The summed E-state index contributed by atoms with van der Waals surface area (Å²) in [6.07, 6.45) is 0. The number of methoxy groups -OCH3 is 1. The average molecular weight is 277 g/mol. The molecule has 0 saturated heterocycles. The largest absolute Gasteiger partial charge is 0.467 e. The van der Waals surface area contributed by atoms with Gasteiger partial charge in [0.15, 0.2) is 0 Å². The first-order valence-electron chi connectivity index (χ1n) is 5.48. The highest BCUT2D eigenvalue weighted by atomic mass is 16.6. The summed E-state index contributed by atoms with van der Waals surface area (Å²) in [5, 5.41) is 10.7. The highest BCUT2D eigenvalue weighted by Gasteiger charge is 2.13. The summed E-state index contributed by atoms with van der Waals surface area (Å²) in [6.45, 7) is 1.74. The van der Waals surface area contributed by atoms with Crippen LogP contribution in [0.15, 0.2) is 18.2 Å². The van der Waals surface area contributed by atoms with Crippen LogP contribution in [-0.2, 0) is 0 Å². The second kappa shape index (κ2) is 5.34. The van der Waals surface area contributed by atoms with Crippen molar-refractivity contribution in [2.45, 2.75) is 6.92 Å². The maximum Gasteiger partial charge on any atom is 0.330 e. The molecule has 1 heterocycles. The normalized spacial score (nSPS) is 10.1. The number of nitrogens with two attached hydrogens (primary N) is 1. The number of benzene rings is 1. The number of non-ortho nitro benzene ring substituents is 1. The number of nitrogen functional groups attached to an aromatic ring is 1. The SMILES string of the molecule is COc1nc(N)nc(Oc2cc([N+](=O)[O-])ccc2C)n1. The third-order valence-corrected chi connectivity index (χ3v) is 2.38. The number of nitrogens with zero attached hydrogens (tertiary/aromatic N) is 4. The van der Waals surface area contributed by atoms with Gasteiger partial charge >= 0.3 is 12.0 Å². The Morgan fingerprint density at radius 3 is 2.60 bits per heavy atom. The Morgan fingerprint density at radius 1 is 1.25 bits per heavy atom. The van der Waals surface area contributed by atoms with Gasteiger partial charge in [-0.25, -0.2) is 0 Å². The summed E-state index contributed by atoms with van der Waals surface area (Å²) in [5.74, 6) is 0.182. The fraction of sp³-hybridized carbons (Fsp3) is 0.182. The number of rotatable bonds is 4. The molecule has 0 spiro atoms. The summed E-state index contributed by atoms with van der Waals surface area (Å²) in [4.78, 5) is 21.6. The Balaban J connectivity index is 2.36. The fourth-order valence-electron chi connectivity index (χ4n) is 1.40. The van der Waals surface area contributed by atoms with Gasteiger partial charge in [0.2, 0.25) is 5.95 Å². The van der Waals surface area contributed by atoms with Crippen LogP contribution in [0, 0.1) is 17.0 Å². The van der Waals surface area contributed by atoms with Gasteiger partial charge in [-0.05, 0) is 18.6 Å². The summed E-state index contributed by atoms with van der Waals surface area (Å²) in [7, 11) is 1.37. The molecule has 20 heavy (non-hydrogen) atoms. The predicted octanol–water partition coefficient (Wildman–Crippen LogP) is 1.47. The van der Waals surface area contributed by atoms with E-state index in [2.05, 4.69) is 15.0 Å². The van der Waals surface area contributed by atoms with Gasteiger partial charge in [0.1, 0.15) is 5.75 Å². The molecule has 0 aliphatic carbocycles. The number of ether oxygens (including phenoxy) is 2. The smallest absolute Gasteiger partial charge is 0.330 e. The van der Waals surface area contributed by atoms with Crippen LogP contribution in [0.5, 0.6) is 17.8 Å². The van der Waals surface area contributed by atoms with E-state index in [9.17, 15) is 10.1 Å². The molecule has 0 amide bonds. The second-order valence-electron chi connectivity index (χ2n) is 3.77. The Kier molecular flexibility index (Phi) is 3.60. The van der Waals surface area contributed by atoms with Gasteiger partial charge in [0.05, 0.1) is 18.1 Å². The standard InChI is InChI=1S/C11H11N5O4/c1-6-3-4-7(16(17)18)5-8(6)20-11-14-9(12)13-10(15-11)19-2/h3-5H,1-2H3,(H2,12,13,14,15). The van der Waals surface area contributed by atoms with Crippen LogP contribution >= 0.6 is 0 Å². The molecule has 2 rings (SSSR count). The van der Waals surface area contributed by atoms with Crippen LogP contribution in [0.4, 0.5) is 11.6 Å². The molecular formula is C11H11N5O4. The molecular weight excluding hydrogens is 266 g/mol. The molecule has 1 aromatic carbocycles. The first kappa shape index (κ1) is 13.5. The minimum atomic E-state index is -0.519. The number of nitro groups is 1. The molecule has 104 valence electrons. The molecule has 9 heteroatoms. The summed E-state index contributed by atoms with van der Waals surface area (Å²) in [5.41, 5.74) is 6.07. The van der Waals surface area contributed by atoms with Crippen molar-refractivity contribution >= 4 is 11.6 Å². The zero-order valence-corrected chi connectivity index (χ0v) is 10.7. The molecule has 0 unspecified atom stereocenters. The third kappa shape index (κ3) is 2.88. The molecule has 1 aromatic heterocycles. The van der Waals surface area contributed by atoms with E-state index in [1.807, 2.05) is 0 Å². The topological polar surface area (TPSA) is 126 Å². The van der Waals surface area contributed by atoms with Gasteiger partial charge in [-0.2, -0.15) is 9.97 Å². The maximum absolute atomic E-state index is 10.7. The van der Waals surface area contributed by atoms with E-state index >= 15 is 0 Å². The van der Waals surface area contributed by atoms with Crippen molar-refractivity contribution in [3.05, 3.63) is 33.9 Å². The Bertz CT molecular complexity index is 661. The lowest BCUT2D eigenvalue weighted by atomic mass is 10.2. The van der Waals surface area contributed by atoms with E-state index in [4.69, 9.17) is 15.2 Å².